The van der Waals surface area contributed by atoms with E-state index in [1.807, 2.05) is 42.5 Å². The lowest BCUT2D eigenvalue weighted by Crippen LogP contribution is -2.39. The largest absolute Gasteiger partial charge is 0.360 e. The molecule has 0 radical (unpaired) electrons. The zero-order chi connectivity index (χ0) is 24.2. The van der Waals surface area contributed by atoms with Gasteiger partial charge in [-0.25, -0.2) is 0 Å². The van der Waals surface area contributed by atoms with Gasteiger partial charge in [-0.1, -0.05) is 47.6 Å². The molecule has 1 fully saturated rings. The van der Waals surface area contributed by atoms with E-state index in [2.05, 4.69) is 10.1 Å². The third-order valence-electron chi connectivity index (χ3n) is 7.33. The summed E-state index contributed by atoms with van der Waals surface area (Å²) in [6.07, 6.45) is 2.98. The maximum atomic E-state index is 13.6. The molecule has 0 bridgehead atoms. The van der Waals surface area contributed by atoms with E-state index in [4.69, 9.17) is 4.52 Å². The molecule has 1 saturated carbocycles. The molecule has 0 spiro atoms. The summed E-state index contributed by atoms with van der Waals surface area (Å²) in [7, 11) is 1.78. The van der Waals surface area contributed by atoms with E-state index >= 15 is 0 Å². The predicted molar refractivity (Wildman–Crippen MR) is 128 cm³/mol. The molecule has 4 aromatic rings. The van der Waals surface area contributed by atoms with Crippen LogP contribution < -0.4 is 0 Å². The van der Waals surface area contributed by atoms with Crippen molar-refractivity contribution in [2.75, 3.05) is 13.6 Å². The van der Waals surface area contributed by atoms with Crippen LogP contribution in [0.1, 0.15) is 61.1 Å². The first-order valence-corrected chi connectivity index (χ1v) is 11.7. The minimum absolute atomic E-state index is 0.117. The fraction of sp³-hybridized carbons (Fsp3) is 0.259. The summed E-state index contributed by atoms with van der Waals surface area (Å²) in [4.78, 5) is 44.5. The number of para-hydroxylation sites is 1. The second-order valence-corrected chi connectivity index (χ2v) is 9.32. The number of aromatic amines is 1. The molecule has 6 rings (SSSR count). The van der Waals surface area contributed by atoms with Gasteiger partial charge in [0.05, 0.1) is 12.1 Å². The van der Waals surface area contributed by atoms with Gasteiger partial charge in [0.15, 0.2) is 5.69 Å². The van der Waals surface area contributed by atoms with Gasteiger partial charge in [0, 0.05) is 42.0 Å². The standard InChI is InChI=1S/C27H24N4O4/c1-30(27(11-12-27)19-8-6-17(16-32)7-9-19)26(34)24-20-15-31(13-10-23(20)35-29-24)25(33)22-14-18-4-2-3-5-21(18)28-22/h2-9,14,16,28H,10-13,15H2,1H3. The first kappa shape index (κ1) is 21.3. The smallest absolute Gasteiger partial charge is 0.276 e. The highest BCUT2D eigenvalue weighted by Gasteiger charge is 2.51. The minimum atomic E-state index is -0.418. The van der Waals surface area contributed by atoms with E-state index in [1.54, 1.807) is 29.0 Å². The molecule has 35 heavy (non-hydrogen) atoms. The third kappa shape index (κ3) is 3.44. The number of amides is 2. The highest BCUT2D eigenvalue weighted by molar-refractivity contribution is 5.99. The molecule has 0 saturated heterocycles. The average molecular weight is 469 g/mol. The SMILES string of the molecule is CN(C(=O)c1noc2c1CN(C(=O)c1cc3ccccc3[nH]1)CC2)C1(c2ccc(C=O)cc2)CC1. The number of benzene rings is 2. The third-order valence-corrected chi connectivity index (χ3v) is 7.33. The minimum Gasteiger partial charge on any atom is -0.360 e. The Morgan fingerprint density at radius 1 is 1.14 bits per heavy atom. The first-order chi connectivity index (χ1) is 17.0. The van der Waals surface area contributed by atoms with Crippen molar-refractivity contribution in [2.24, 2.45) is 0 Å². The lowest BCUT2D eigenvalue weighted by Gasteiger charge is -2.29. The summed E-state index contributed by atoms with van der Waals surface area (Å²) in [6.45, 7) is 0.760. The second kappa shape index (κ2) is 7.94. The van der Waals surface area contributed by atoms with Crippen LogP contribution in [0.25, 0.3) is 10.9 Å². The van der Waals surface area contributed by atoms with Crippen LogP contribution in [0.3, 0.4) is 0 Å². The van der Waals surface area contributed by atoms with Gasteiger partial charge in [-0.05, 0) is 30.5 Å². The van der Waals surface area contributed by atoms with Gasteiger partial charge < -0.3 is 19.3 Å². The van der Waals surface area contributed by atoms with Gasteiger partial charge in [-0.2, -0.15) is 0 Å². The normalized spacial score (nSPS) is 16.1. The Bertz CT molecular complexity index is 1430. The topological polar surface area (TPSA) is 99.5 Å². The molecule has 1 aliphatic heterocycles. The molecule has 3 heterocycles. The molecule has 2 aromatic carbocycles. The summed E-state index contributed by atoms with van der Waals surface area (Å²) in [5, 5.41) is 5.10. The zero-order valence-corrected chi connectivity index (χ0v) is 19.3. The van der Waals surface area contributed by atoms with E-state index in [9.17, 15) is 14.4 Å². The molecule has 2 aliphatic rings. The van der Waals surface area contributed by atoms with Gasteiger partial charge in [0.25, 0.3) is 11.8 Å². The molecule has 2 amide bonds. The van der Waals surface area contributed by atoms with Crippen molar-refractivity contribution in [3.05, 3.63) is 88.4 Å². The highest BCUT2D eigenvalue weighted by atomic mass is 16.5. The monoisotopic (exact) mass is 468 g/mol. The zero-order valence-electron chi connectivity index (χ0n) is 19.3. The van der Waals surface area contributed by atoms with E-state index < -0.39 is 5.54 Å². The van der Waals surface area contributed by atoms with Crippen molar-refractivity contribution in [1.82, 2.24) is 19.9 Å². The average Bonchev–Trinajstić information content (AvgIpc) is 3.41. The molecule has 176 valence electrons. The van der Waals surface area contributed by atoms with Crippen molar-refractivity contribution in [3.8, 4) is 0 Å². The van der Waals surface area contributed by atoms with E-state index in [-0.39, 0.29) is 24.1 Å². The fourth-order valence-corrected chi connectivity index (χ4v) is 5.07. The number of hydrogen-bond donors (Lipinski definition) is 1. The van der Waals surface area contributed by atoms with Gasteiger partial charge in [-0.3, -0.25) is 14.4 Å². The predicted octanol–water partition coefficient (Wildman–Crippen LogP) is 3.93. The van der Waals surface area contributed by atoms with E-state index in [0.717, 1.165) is 35.6 Å². The van der Waals surface area contributed by atoms with Crippen molar-refractivity contribution < 1.29 is 18.9 Å². The van der Waals surface area contributed by atoms with Crippen LogP contribution in [-0.2, 0) is 18.5 Å². The summed E-state index contributed by atoms with van der Waals surface area (Å²) in [5.74, 6) is 0.309. The molecule has 1 N–H and O–H groups in total. The van der Waals surface area contributed by atoms with Crippen LogP contribution in [0.5, 0.6) is 0 Å². The molecular formula is C27H24N4O4. The Kier molecular flexibility index (Phi) is 4.84. The van der Waals surface area contributed by atoms with Crippen molar-refractivity contribution >= 4 is 29.0 Å². The molecule has 0 unspecified atom stereocenters. The Labute approximate surface area is 201 Å². The summed E-state index contributed by atoms with van der Waals surface area (Å²) >= 11 is 0. The second-order valence-electron chi connectivity index (χ2n) is 9.32. The van der Waals surface area contributed by atoms with Crippen LogP contribution in [-0.4, -0.2) is 51.6 Å². The Balaban J connectivity index is 1.24. The number of aromatic nitrogens is 2. The fourth-order valence-electron chi connectivity index (χ4n) is 5.07. The van der Waals surface area contributed by atoms with Crippen molar-refractivity contribution in [1.29, 1.82) is 0 Å². The molecular weight excluding hydrogens is 444 g/mol. The van der Waals surface area contributed by atoms with Gasteiger partial charge in [0.1, 0.15) is 17.7 Å². The maximum absolute atomic E-state index is 13.6. The van der Waals surface area contributed by atoms with Gasteiger partial charge >= 0.3 is 0 Å². The van der Waals surface area contributed by atoms with Crippen LogP contribution in [0.2, 0.25) is 0 Å². The molecule has 1 aliphatic carbocycles. The number of fused-ring (bicyclic) bond motifs is 2. The van der Waals surface area contributed by atoms with Gasteiger partial charge in [0.2, 0.25) is 0 Å². The molecule has 8 nitrogen and oxygen atoms in total. The number of carbonyl (C=O) groups is 3. The Morgan fingerprint density at radius 3 is 2.63 bits per heavy atom. The molecule has 8 heteroatoms. The van der Waals surface area contributed by atoms with Crippen molar-refractivity contribution in [3.63, 3.8) is 0 Å². The van der Waals surface area contributed by atoms with Crippen LogP contribution in [0.15, 0.2) is 59.1 Å². The summed E-state index contributed by atoms with van der Waals surface area (Å²) in [5.41, 5.74) is 3.53. The van der Waals surface area contributed by atoms with E-state index in [0.29, 0.717) is 35.5 Å². The number of carbonyl (C=O) groups excluding carboxylic acids is 3. The lowest BCUT2D eigenvalue weighted by atomic mass is 10.00. The first-order valence-electron chi connectivity index (χ1n) is 11.7. The van der Waals surface area contributed by atoms with E-state index in [1.165, 1.54) is 0 Å². The Morgan fingerprint density at radius 2 is 1.91 bits per heavy atom. The number of aldehydes is 1. The number of H-pyrrole nitrogens is 1. The van der Waals surface area contributed by atoms with Crippen LogP contribution in [0, 0.1) is 0 Å². The maximum Gasteiger partial charge on any atom is 0.276 e. The summed E-state index contributed by atoms with van der Waals surface area (Å²) in [6, 6.07) is 17.0. The quantitative estimate of drug-likeness (QED) is 0.448. The molecule has 0 atom stereocenters. The van der Waals surface area contributed by atoms with Crippen LogP contribution >= 0.6 is 0 Å². The Hall–Kier alpha value is -4.20. The van der Waals surface area contributed by atoms with Gasteiger partial charge in [-0.15, -0.1) is 0 Å². The lowest BCUT2D eigenvalue weighted by molar-refractivity contribution is 0.0681. The summed E-state index contributed by atoms with van der Waals surface area (Å²) < 4.78 is 5.53. The van der Waals surface area contributed by atoms with Crippen molar-refractivity contribution in [2.45, 2.75) is 31.3 Å². The van der Waals surface area contributed by atoms with Crippen LogP contribution in [0.4, 0.5) is 0 Å². The number of rotatable bonds is 5. The number of nitrogens with one attached hydrogen (secondary N) is 1. The highest BCUT2D eigenvalue weighted by Crippen LogP contribution is 2.51. The number of hydrogen-bond acceptors (Lipinski definition) is 5. The molecule has 2 aromatic heterocycles. The number of nitrogens with zero attached hydrogens (tertiary/aromatic N) is 3.